The van der Waals surface area contributed by atoms with Gasteiger partial charge in [0.1, 0.15) is 5.02 Å². The predicted octanol–water partition coefficient (Wildman–Crippen LogP) is 3.60. The summed E-state index contributed by atoms with van der Waals surface area (Å²) >= 11 is 7.89. The quantitative estimate of drug-likeness (QED) is 0.777. The van der Waals surface area contributed by atoms with E-state index in [1.165, 1.54) is 9.56 Å². The van der Waals surface area contributed by atoms with Gasteiger partial charge in [-0.2, -0.15) is 9.78 Å². The Labute approximate surface area is 137 Å². The van der Waals surface area contributed by atoms with Gasteiger partial charge < -0.3 is 5.32 Å². The van der Waals surface area contributed by atoms with Crippen molar-refractivity contribution >= 4 is 28.6 Å². The summed E-state index contributed by atoms with van der Waals surface area (Å²) in [5, 5.41) is 9.56. The molecule has 2 aromatic heterocycles. The maximum Gasteiger partial charge on any atom is 0.292 e. The largest absolute Gasteiger partial charge is 0.382 e. The van der Waals surface area contributed by atoms with Gasteiger partial charge in [-0.15, -0.1) is 11.3 Å². The molecular weight excluding hydrogens is 318 g/mol. The molecule has 1 N–H and O–H groups in total. The number of thiophene rings is 1. The first-order chi connectivity index (χ1) is 10.8. The van der Waals surface area contributed by atoms with Crippen molar-refractivity contribution in [2.24, 2.45) is 0 Å². The molecule has 6 heteroatoms. The van der Waals surface area contributed by atoms with E-state index in [-0.39, 0.29) is 10.6 Å². The van der Waals surface area contributed by atoms with Crippen LogP contribution in [-0.2, 0) is 6.42 Å². The van der Waals surface area contributed by atoms with Gasteiger partial charge in [-0.3, -0.25) is 4.79 Å². The molecule has 0 aliphatic rings. The van der Waals surface area contributed by atoms with Crippen molar-refractivity contribution in [3.05, 3.63) is 74.3 Å². The third-order valence-electron chi connectivity index (χ3n) is 3.19. The van der Waals surface area contributed by atoms with Crippen LogP contribution in [0.4, 0.5) is 5.69 Å². The summed E-state index contributed by atoms with van der Waals surface area (Å²) in [5.74, 6) is 0. The summed E-state index contributed by atoms with van der Waals surface area (Å²) in [6.07, 6.45) is 2.47. The second-order valence-corrected chi connectivity index (χ2v) is 6.09. The fourth-order valence-corrected chi connectivity index (χ4v) is 2.99. The lowest BCUT2D eigenvalue weighted by molar-refractivity contribution is 0.807. The highest BCUT2D eigenvalue weighted by Crippen LogP contribution is 2.17. The summed E-state index contributed by atoms with van der Waals surface area (Å²) in [6, 6.07) is 13.3. The fraction of sp³-hybridized carbons (Fsp3) is 0.125. The molecule has 0 unspecified atom stereocenters. The Bertz CT molecular complexity index is 800. The summed E-state index contributed by atoms with van der Waals surface area (Å²) in [4.78, 5) is 13.6. The van der Waals surface area contributed by atoms with Gasteiger partial charge in [0.05, 0.1) is 17.6 Å². The van der Waals surface area contributed by atoms with Gasteiger partial charge in [-0.05, 0) is 30.0 Å². The van der Waals surface area contributed by atoms with Gasteiger partial charge in [0, 0.05) is 11.4 Å². The maximum atomic E-state index is 12.3. The normalized spacial score (nSPS) is 10.6. The number of hydrogen-bond donors (Lipinski definition) is 1. The van der Waals surface area contributed by atoms with E-state index in [0.29, 0.717) is 17.9 Å². The van der Waals surface area contributed by atoms with Crippen molar-refractivity contribution in [3.63, 3.8) is 0 Å². The molecule has 0 radical (unpaired) electrons. The van der Waals surface area contributed by atoms with Gasteiger partial charge in [0.25, 0.3) is 5.56 Å². The van der Waals surface area contributed by atoms with Crippen LogP contribution in [0, 0.1) is 0 Å². The highest BCUT2D eigenvalue weighted by Gasteiger charge is 2.10. The van der Waals surface area contributed by atoms with Crippen molar-refractivity contribution in [3.8, 4) is 5.69 Å². The van der Waals surface area contributed by atoms with Crippen LogP contribution in [0.1, 0.15) is 4.88 Å². The lowest BCUT2D eigenvalue weighted by Gasteiger charge is -2.09. The Balaban J connectivity index is 1.77. The molecule has 0 saturated heterocycles. The molecule has 112 valence electrons. The summed E-state index contributed by atoms with van der Waals surface area (Å²) in [6.45, 7) is 0.705. The number of halogens is 1. The van der Waals surface area contributed by atoms with Crippen LogP contribution in [0.5, 0.6) is 0 Å². The second kappa shape index (κ2) is 6.77. The minimum atomic E-state index is -0.325. The van der Waals surface area contributed by atoms with Crippen LogP contribution in [-0.4, -0.2) is 16.3 Å². The first-order valence-corrected chi connectivity index (χ1v) is 8.11. The van der Waals surface area contributed by atoms with Gasteiger partial charge in [-0.25, -0.2) is 0 Å². The van der Waals surface area contributed by atoms with E-state index in [1.807, 2.05) is 41.8 Å². The number of nitrogens with one attached hydrogen (secondary N) is 1. The van der Waals surface area contributed by atoms with Crippen molar-refractivity contribution in [1.82, 2.24) is 9.78 Å². The number of rotatable bonds is 5. The Morgan fingerprint density at radius 1 is 1.18 bits per heavy atom. The van der Waals surface area contributed by atoms with E-state index < -0.39 is 0 Å². The van der Waals surface area contributed by atoms with E-state index in [0.717, 1.165) is 6.42 Å². The summed E-state index contributed by atoms with van der Waals surface area (Å²) < 4.78 is 1.30. The van der Waals surface area contributed by atoms with E-state index in [9.17, 15) is 4.79 Å². The number of hydrogen-bond acceptors (Lipinski definition) is 4. The number of benzene rings is 1. The lowest BCUT2D eigenvalue weighted by Crippen LogP contribution is -2.23. The van der Waals surface area contributed by atoms with Gasteiger partial charge in [0.15, 0.2) is 0 Å². The summed E-state index contributed by atoms with van der Waals surface area (Å²) in [5.41, 5.74) is 0.934. The average molecular weight is 332 g/mol. The third-order valence-corrected chi connectivity index (χ3v) is 4.49. The van der Waals surface area contributed by atoms with Crippen molar-refractivity contribution in [2.45, 2.75) is 6.42 Å². The molecule has 0 atom stereocenters. The Hall–Kier alpha value is -2.11. The molecule has 0 bridgehead atoms. The maximum absolute atomic E-state index is 12.3. The Kier molecular flexibility index (Phi) is 4.56. The van der Waals surface area contributed by atoms with Crippen LogP contribution >= 0.6 is 22.9 Å². The second-order valence-electron chi connectivity index (χ2n) is 4.68. The lowest BCUT2D eigenvalue weighted by atomic mass is 10.3. The first kappa shape index (κ1) is 14.8. The van der Waals surface area contributed by atoms with Gasteiger partial charge in [-0.1, -0.05) is 35.9 Å². The van der Waals surface area contributed by atoms with Crippen molar-refractivity contribution < 1.29 is 0 Å². The molecule has 3 rings (SSSR count). The first-order valence-electron chi connectivity index (χ1n) is 6.85. The molecule has 0 spiro atoms. The Morgan fingerprint density at radius 2 is 2.00 bits per heavy atom. The third kappa shape index (κ3) is 3.21. The van der Waals surface area contributed by atoms with Crippen LogP contribution < -0.4 is 10.9 Å². The molecule has 4 nitrogen and oxygen atoms in total. The minimum Gasteiger partial charge on any atom is -0.382 e. The molecule has 0 amide bonds. The standard InChI is InChI=1S/C16H14ClN3OS/c17-15-14(18-9-8-13-7-4-10-22-13)11-19-20(16(15)21)12-5-2-1-3-6-12/h1-7,10-11,18H,8-9H2. The molecule has 0 fully saturated rings. The van der Waals surface area contributed by atoms with E-state index >= 15 is 0 Å². The average Bonchev–Trinajstić information content (AvgIpc) is 3.06. The zero-order chi connectivity index (χ0) is 15.4. The monoisotopic (exact) mass is 331 g/mol. The molecule has 3 aromatic rings. The van der Waals surface area contributed by atoms with Crippen LogP contribution in [0.3, 0.4) is 0 Å². The topological polar surface area (TPSA) is 46.9 Å². The van der Waals surface area contributed by atoms with Gasteiger partial charge in [0.2, 0.25) is 0 Å². The zero-order valence-electron chi connectivity index (χ0n) is 11.7. The van der Waals surface area contributed by atoms with E-state index in [4.69, 9.17) is 11.6 Å². The van der Waals surface area contributed by atoms with Crippen LogP contribution in [0.15, 0.2) is 58.8 Å². The molecule has 0 saturated carbocycles. The molecule has 0 aliphatic carbocycles. The molecule has 2 heterocycles. The smallest absolute Gasteiger partial charge is 0.292 e. The van der Waals surface area contributed by atoms with E-state index in [2.05, 4.69) is 16.5 Å². The highest BCUT2D eigenvalue weighted by atomic mass is 35.5. The fourth-order valence-electron chi connectivity index (χ4n) is 2.08. The van der Waals surface area contributed by atoms with E-state index in [1.54, 1.807) is 17.5 Å². The molecular formula is C16H14ClN3OS. The SMILES string of the molecule is O=c1c(Cl)c(NCCc2cccs2)cnn1-c1ccccc1. The molecule has 1 aromatic carbocycles. The van der Waals surface area contributed by atoms with Crippen molar-refractivity contribution in [2.75, 3.05) is 11.9 Å². The van der Waals surface area contributed by atoms with Crippen LogP contribution in [0.25, 0.3) is 5.69 Å². The Morgan fingerprint density at radius 3 is 2.73 bits per heavy atom. The minimum absolute atomic E-state index is 0.157. The number of aromatic nitrogens is 2. The van der Waals surface area contributed by atoms with Crippen molar-refractivity contribution in [1.29, 1.82) is 0 Å². The predicted molar refractivity (Wildman–Crippen MR) is 91.4 cm³/mol. The van der Waals surface area contributed by atoms with Gasteiger partial charge >= 0.3 is 0 Å². The molecule has 0 aliphatic heterocycles. The number of nitrogens with zero attached hydrogens (tertiary/aromatic N) is 2. The number of anilines is 1. The highest BCUT2D eigenvalue weighted by molar-refractivity contribution is 7.09. The molecule has 22 heavy (non-hydrogen) atoms. The zero-order valence-corrected chi connectivity index (χ0v) is 13.3. The number of para-hydroxylation sites is 1. The summed E-state index contributed by atoms with van der Waals surface area (Å²) in [7, 11) is 0. The van der Waals surface area contributed by atoms with Crippen LogP contribution in [0.2, 0.25) is 5.02 Å².